The molecular formula is C3H10N2O5S. The SMILES string of the molecule is CNC(=O)NC.O=S(=O)(O)O. The first-order valence-electron chi connectivity index (χ1n) is 2.40. The lowest BCUT2D eigenvalue weighted by Gasteiger charge is -1.91. The van der Waals surface area contributed by atoms with Crippen molar-refractivity contribution in [1.82, 2.24) is 10.6 Å². The molecule has 0 aromatic heterocycles. The van der Waals surface area contributed by atoms with Crippen molar-refractivity contribution in [3.8, 4) is 0 Å². The minimum Gasteiger partial charge on any atom is -0.341 e. The van der Waals surface area contributed by atoms with Crippen LogP contribution in [0.25, 0.3) is 0 Å². The van der Waals surface area contributed by atoms with Crippen LogP contribution >= 0.6 is 0 Å². The zero-order chi connectivity index (χ0) is 9.49. The van der Waals surface area contributed by atoms with Crippen LogP contribution in [0.1, 0.15) is 0 Å². The lowest BCUT2D eigenvalue weighted by Crippen LogP contribution is -2.28. The van der Waals surface area contributed by atoms with Crippen LogP contribution in [0.2, 0.25) is 0 Å². The molecule has 4 N–H and O–H groups in total. The van der Waals surface area contributed by atoms with E-state index in [1.807, 2.05) is 0 Å². The molecule has 0 aliphatic rings. The maximum Gasteiger partial charge on any atom is 0.394 e. The lowest BCUT2D eigenvalue weighted by molar-refractivity contribution is 0.245. The molecule has 0 saturated heterocycles. The fourth-order valence-electron chi connectivity index (χ4n) is 0.125. The molecule has 0 saturated carbocycles. The minimum absolute atomic E-state index is 0.157. The van der Waals surface area contributed by atoms with Crippen molar-refractivity contribution in [2.75, 3.05) is 14.1 Å². The van der Waals surface area contributed by atoms with Crippen molar-refractivity contribution in [1.29, 1.82) is 0 Å². The third kappa shape index (κ3) is 47.3. The van der Waals surface area contributed by atoms with E-state index >= 15 is 0 Å². The van der Waals surface area contributed by atoms with Gasteiger partial charge in [-0.3, -0.25) is 9.11 Å². The van der Waals surface area contributed by atoms with Gasteiger partial charge < -0.3 is 10.6 Å². The number of amides is 2. The van der Waals surface area contributed by atoms with Gasteiger partial charge in [0.15, 0.2) is 0 Å². The zero-order valence-corrected chi connectivity index (χ0v) is 6.84. The summed E-state index contributed by atoms with van der Waals surface area (Å²) in [7, 11) is -1.53. The average Bonchev–Trinajstić information content (AvgIpc) is 1.83. The van der Waals surface area contributed by atoms with Gasteiger partial charge in [0.2, 0.25) is 0 Å². The van der Waals surface area contributed by atoms with Crippen molar-refractivity contribution in [3.05, 3.63) is 0 Å². The summed E-state index contributed by atoms with van der Waals surface area (Å²) in [5, 5.41) is 4.73. The van der Waals surface area contributed by atoms with Gasteiger partial charge in [0.05, 0.1) is 0 Å². The Morgan fingerprint density at radius 2 is 1.36 bits per heavy atom. The van der Waals surface area contributed by atoms with E-state index in [1.165, 1.54) is 0 Å². The van der Waals surface area contributed by atoms with Crippen molar-refractivity contribution in [2.24, 2.45) is 0 Å². The Morgan fingerprint density at radius 1 is 1.18 bits per heavy atom. The van der Waals surface area contributed by atoms with Crippen molar-refractivity contribution >= 4 is 16.4 Å². The highest BCUT2D eigenvalue weighted by Crippen LogP contribution is 1.59. The molecule has 0 aromatic carbocycles. The van der Waals surface area contributed by atoms with E-state index in [1.54, 1.807) is 14.1 Å². The fraction of sp³-hybridized carbons (Fsp3) is 0.667. The molecule has 0 heterocycles. The first-order chi connectivity index (χ1) is 4.81. The highest BCUT2D eigenvalue weighted by atomic mass is 32.3. The summed E-state index contributed by atoms with van der Waals surface area (Å²) in [5.41, 5.74) is 0. The Labute approximate surface area is 64.4 Å². The van der Waals surface area contributed by atoms with Crippen LogP contribution in [0.15, 0.2) is 0 Å². The van der Waals surface area contributed by atoms with E-state index in [2.05, 4.69) is 10.6 Å². The highest BCUT2D eigenvalue weighted by molar-refractivity contribution is 7.79. The van der Waals surface area contributed by atoms with Crippen LogP contribution in [-0.2, 0) is 10.4 Å². The lowest BCUT2D eigenvalue weighted by atomic mass is 11.0. The number of hydrogen-bond acceptors (Lipinski definition) is 3. The molecule has 0 radical (unpaired) electrons. The molecule has 0 bridgehead atoms. The first-order valence-corrected chi connectivity index (χ1v) is 3.80. The summed E-state index contributed by atoms with van der Waals surface area (Å²) in [6.07, 6.45) is 0. The van der Waals surface area contributed by atoms with Gasteiger partial charge in [-0.2, -0.15) is 8.42 Å². The monoisotopic (exact) mass is 186 g/mol. The Hall–Kier alpha value is -0.860. The normalized spacial score (nSPS) is 9.09. The van der Waals surface area contributed by atoms with E-state index in [9.17, 15) is 4.79 Å². The summed E-state index contributed by atoms with van der Waals surface area (Å²) in [4.78, 5) is 9.96. The molecule has 2 amide bonds. The number of hydrogen-bond donors (Lipinski definition) is 4. The number of rotatable bonds is 0. The maximum atomic E-state index is 9.96. The molecule has 0 unspecified atom stereocenters. The van der Waals surface area contributed by atoms with Crippen molar-refractivity contribution in [3.63, 3.8) is 0 Å². The Morgan fingerprint density at radius 3 is 1.36 bits per heavy atom. The summed E-state index contributed by atoms with van der Waals surface area (Å²) >= 11 is 0. The van der Waals surface area contributed by atoms with Gasteiger partial charge in [0.1, 0.15) is 0 Å². The Kier molecular flexibility index (Phi) is 6.85. The van der Waals surface area contributed by atoms with Gasteiger partial charge in [-0.05, 0) is 0 Å². The molecule has 0 aliphatic heterocycles. The average molecular weight is 186 g/mol. The van der Waals surface area contributed by atoms with E-state index in [4.69, 9.17) is 17.5 Å². The summed E-state index contributed by atoms with van der Waals surface area (Å²) in [5.74, 6) is 0. The van der Waals surface area contributed by atoms with Crippen molar-refractivity contribution < 1.29 is 22.3 Å². The quantitative estimate of drug-likeness (QED) is 0.358. The smallest absolute Gasteiger partial charge is 0.341 e. The van der Waals surface area contributed by atoms with Gasteiger partial charge in [0, 0.05) is 14.1 Å². The number of carbonyl (C=O) groups is 1. The predicted molar refractivity (Wildman–Crippen MR) is 37.7 cm³/mol. The van der Waals surface area contributed by atoms with Gasteiger partial charge >= 0.3 is 16.4 Å². The minimum atomic E-state index is -4.67. The zero-order valence-electron chi connectivity index (χ0n) is 6.03. The standard InChI is InChI=1S/C3H8N2O.H2O4S/c1-4-3(6)5-2;1-5(2,3)4/h1-2H3,(H2,4,5,6);(H2,1,2,3,4). The van der Waals surface area contributed by atoms with Gasteiger partial charge in [0.25, 0.3) is 0 Å². The topological polar surface area (TPSA) is 116 Å². The van der Waals surface area contributed by atoms with Crippen LogP contribution in [0.4, 0.5) is 4.79 Å². The number of urea groups is 1. The van der Waals surface area contributed by atoms with Crippen LogP contribution in [0.3, 0.4) is 0 Å². The Balaban J connectivity index is 0. The van der Waals surface area contributed by atoms with E-state index in [0.29, 0.717) is 0 Å². The van der Waals surface area contributed by atoms with E-state index < -0.39 is 10.4 Å². The summed E-state index contributed by atoms with van der Waals surface area (Å²) in [6.45, 7) is 0. The van der Waals surface area contributed by atoms with Crippen LogP contribution in [0, 0.1) is 0 Å². The maximum absolute atomic E-state index is 9.96. The largest absolute Gasteiger partial charge is 0.394 e. The molecule has 0 aliphatic carbocycles. The van der Waals surface area contributed by atoms with Crippen LogP contribution in [0.5, 0.6) is 0 Å². The fourth-order valence-corrected chi connectivity index (χ4v) is 0.125. The molecular weight excluding hydrogens is 176 g/mol. The first kappa shape index (κ1) is 12.8. The van der Waals surface area contributed by atoms with E-state index in [0.717, 1.165) is 0 Å². The van der Waals surface area contributed by atoms with Crippen molar-refractivity contribution in [2.45, 2.75) is 0 Å². The number of carbonyl (C=O) groups excluding carboxylic acids is 1. The molecule has 0 atom stereocenters. The third-order valence-electron chi connectivity index (χ3n) is 0.454. The second-order valence-electron chi connectivity index (χ2n) is 1.28. The van der Waals surface area contributed by atoms with Gasteiger partial charge in [-0.1, -0.05) is 0 Å². The highest BCUT2D eigenvalue weighted by Gasteiger charge is 1.84. The third-order valence-corrected chi connectivity index (χ3v) is 0.454. The van der Waals surface area contributed by atoms with Crippen LogP contribution in [-0.4, -0.2) is 37.6 Å². The van der Waals surface area contributed by atoms with Gasteiger partial charge in [-0.25, -0.2) is 4.79 Å². The van der Waals surface area contributed by atoms with E-state index in [-0.39, 0.29) is 6.03 Å². The Bertz CT molecular complexity index is 184. The molecule has 11 heavy (non-hydrogen) atoms. The van der Waals surface area contributed by atoms with Crippen LogP contribution < -0.4 is 10.6 Å². The molecule has 0 aromatic rings. The molecule has 68 valence electrons. The molecule has 0 rings (SSSR count). The second kappa shape index (κ2) is 5.89. The van der Waals surface area contributed by atoms with Gasteiger partial charge in [-0.15, -0.1) is 0 Å². The molecule has 8 heteroatoms. The number of nitrogens with one attached hydrogen (secondary N) is 2. The summed E-state index contributed by atoms with van der Waals surface area (Å²) in [6, 6.07) is -0.157. The predicted octanol–water partition coefficient (Wildman–Crippen LogP) is -1.11. The molecule has 0 spiro atoms. The summed E-state index contributed by atoms with van der Waals surface area (Å²) < 4.78 is 31.6. The second-order valence-corrected chi connectivity index (χ2v) is 2.17. The molecule has 7 nitrogen and oxygen atoms in total. The molecule has 0 fully saturated rings.